The Morgan fingerprint density at radius 2 is 1.82 bits per heavy atom. The molecule has 5 nitrogen and oxygen atoms in total. The predicted molar refractivity (Wildman–Crippen MR) is 82.4 cm³/mol. The second-order valence-electron chi connectivity index (χ2n) is 5.06. The van der Waals surface area contributed by atoms with E-state index in [-0.39, 0.29) is 10.5 Å². The van der Waals surface area contributed by atoms with Gasteiger partial charge in [0.1, 0.15) is 0 Å². The van der Waals surface area contributed by atoms with E-state index in [2.05, 4.69) is 5.32 Å². The summed E-state index contributed by atoms with van der Waals surface area (Å²) in [5, 5.41) is 14.1. The van der Waals surface area contributed by atoms with Crippen LogP contribution in [0.4, 0.5) is 5.69 Å². The van der Waals surface area contributed by atoms with E-state index in [1.165, 1.54) is 6.07 Å². The van der Waals surface area contributed by atoms with Crippen molar-refractivity contribution in [3.8, 4) is 0 Å². The average molecular weight is 318 g/mol. The zero-order chi connectivity index (χ0) is 16.3. The third-order valence-corrected chi connectivity index (χ3v) is 4.41. The van der Waals surface area contributed by atoms with Gasteiger partial charge >= 0.3 is 0 Å². The molecule has 0 amide bonds. The third-order valence-electron chi connectivity index (χ3n) is 3.27. The first kappa shape index (κ1) is 16.0. The Balaban J connectivity index is 2.42. The first-order valence-corrected chi connectivity index (χ1v) is 8.52. The van der Waals surface area contributed by atoms with Gasteiger partial charge in [-0.1, -0.05) is 30.3 Å². The minimum absolute atomic E-state index is 0.0479. The van der Waals surface area contributed by atoms with E-state index >= 15 is 0 Å². The van der Waals surface area contributed by atoms with Crippen molar-refractivity contribution in [3.63, 3.8) is 0 Å². The smallest absolute Gasteiger partial charge is 0.177 e. The lowest BCUT2D eigenvalue weighted by Gasteiger charge is -2.15. The van der Waals surface area contributed by atoms with Crippen molar-refractivity contribution in [2.75, 3.05) is 11.6 Å². The molecule has 0 fully saturated rings. The van der Waals surface area contributed by atoms with Crippen molar-refractivity contribution < 1.29 is 18.3 Å². The van der Waals surface area contributed by atoms with Crippen LogP contribution in [0, 0.1) is 6.92 Å². The van der Waals surface area contributed by atoms with Crippen LogP contribution in [0.2, 0.25) is 0 Å². The van der Waals surface area contributed by atoms with Crippen molar-refractivity contribution >= 4 is 21.5 Å². The molecule has 0 unspecified atom stereocenters. The molecule has 6 heteroatoms. The minimum Gasteiger partial charge on any atom is -0.545 e. The van der Waals surface area contributed by atoms with E-state index in [9.17, 15) is 18.3 Å². The van der Waals surface area contributed by atoms with Gasteiger partial charge in [-0.15, -0.1) is 0 Å². The van der Waals surface area contributed by atoms with Crippen molar-refractivity contribution in [3.05, 3.63) is 59.2 Å². The van der Waals surface area contributed by atoms with Crippen LogP contribution in [0.3, 0.4) is 0 Å². The molecule has 0 spiro atoms. The average Bonchev–Trinajstić information content (AvgIpc) is 2.44. The lowest BCUT2D eigenvalue weighted by molar-refractivity contribution is -0.255. The number of aromatic carboxylic acids is 1. The lowest BCUT2D eigenvalue weighted by Crippen LogP contribution is -2.24. The fraction of sp³-hybridized carbons (Fsp3) is 0.188. The van der Waals surface area contributed by atoms with E-state index in [0.29, 0.717) is 17.8 Å². The van der Waals surface area contributed by atoms with Crippen molar-refractivity contribution in [1.29, 1.82) is 0 Å². The maximum absolute atomic E-state index is 11.9. The van der Waals surface area contributed by atoms with Gasteiger partial charge in [0, 0.05) is 18.4 Å². The van der Waals surface area contributed by atoms with Gasteiger partial charge in [-0.2, -0.15) is 0 Å². The highest BCUT2D eigenvalue weighted by Crippen LogP contribution is 2.26. The first-order valence-electron chi connectivity index (χ1n) is 6.63. The van der Waals surface area contributed by atoms with Crippen LogP contribution in [0.5, 0.6) is 0 Å². The Kier molecular flexibility index (Phi) is 4.51. The number of sulfone groups is 1. The van der Waals surface area contributed by atoms with E-state index < -0.39 is 15.8 Å². The minimum atomic E-state index is -3.56. The van der Waals surface area contributed by atoms with Crippen LogP contribution < -0.4 is 10.4 Å². The molecular formula is C16H16NO4S-. The van der Waals surface area contributed by atoms with E-state index in [1.807, 2.05) is 30.3 Å². The Bertz CT molecular complexity index is 798. The number of nitrogens with one attached hydrogen (secondary N) is 1. The van der Waals surface area contributed by atoms with Gasteiger partial charge in [-0.25, -0.2) is 8.42 Å². The van der Waals surface area contributed by atoms with Gasteiger partial charge in [-0.3, -0.25) is 0 Å². The monoisotopic (exact) mass is 318 g/mol. The summed E-state index contributed by atoms with van der Waals surface area (Å²) >= 11 is 0. The van der Waals surface area contributed by atoms with Crippen molar-refractivity contribution in [2.24, 2.45) is 0 Å². The number of hydrogen-bond acceptors (Lipinski definition) is 5. The molecule has 0 atom stereocenters. The first-order chi connectivity index (χ1) is 10.3. The van der Waals surface area contributed by atoms with Crippen LogP contribution in [0.25, 0.3) is 0 Å². The number of anilines is 1. The molecule has 0 heterocycles. The standard InChI is InChI=1S/C16H17NO4S/c1-11-8-14(17-10-12-6-4-3-5-7-12)15(22(2,20)21)9-13(11)16(18)19/h3-9,17H,10H2,1-2H3,(H,18,19)/p-1. The van der Waals surface area contributed by atoms with Crippen LogP contribution in [-0.2, 0) is 16.4 Å². The summed E-state index contributed by atoms with van der Waals surface area (Å²) in [5.74, 6) is -1.39. The summed E-state index contributed by atoms with van der Waals surface area (Å²) in [5.41, 5.74) is 1.70. The molecule has 2 aromatic rings. The second kappa shape index (κ2) is 6.19. The molecular weight excluding hydrogens is 302 g/mol. The Morgan fingerprint density at radius 3 is 2.36 bits per heavy atom. The number of aryl methyl sites for hydroxylation is 1. The molecule has 0 aromatic heterocycles. The maximum atomic E-state index is 11.9. The molecule has 0 bridgehead atoms. The summed E-state index contributed by atoms with van der Waals surface area (Å²) in [7, 11) is -3.56. The summed E-state index contributed by atoms with van der Waals surface area (Å²) in [6.07, 6.45) is 1.05. The van der Waals surface area contributed by atoms with Gasteiger partial charge < -0.3 is 15.2 Å². The van der Waals surface area contributed by atoms with Crippen LogP contribution in [-0.4, -0.2) is 20.6 Å². The summed E-state index contributed by atoms with van der Waals surface area (Å²) in [6.45, 7) is 2.04. The molecule has 116 valence electrons. The van der Waals surface area contributed by atoms with Gasteiger partial charge in [0.05, 0.1) is 16.6 Å². The van der Waals surface area contributed by atoms with Crippen molar-refractivity contribution in [1.82, 2.24) is 0 Å². The number of carbonyl (C=O) groups excluding carboxylic acids is 1. The topological polar surface area (TPSA) is 86.3 Å². The molecule has 2 aromatic carbocycles. The number of carboxylic acid groups (broad SMARTS) is 1. The molecule has 1 N–H and O–H groups in total. The fourth-order valence-electron chi connectivity index (χ4n) is 2.15. The highest BCUT2D eigenvalue weighted by Gasteiger charge is 2.16. The van der Waals surface area contributed by atoms with Crippen LogP contribution in [0.15, 0.2) is 47.4 Å². The molecule has 0 aliphatic carbocycles. The predicted octanol–water partition coefficient (Wildman–Crippen LogP) is 1.37. The summed E-state index contributed by atoms with van der Waals surface area (Å²) < 4.78 is 23.8. The van der Waals surface area contributed by atoms with Gasteiger partial charge in [0.2, 0.25) is 0 Å². The largest absolute Gasteiger partial charge is 0.545 e. The number of hydrogen-bond donors (Lipinski definition) is 1. The number of rotatable bonds is 5. The number of carbonyl (C=O) groups is 1. The summed E-state index contributed by atoms with van der Waals surface area (Å²) in [4.78, 5) is 11.0. The maximum Gasteiger partial charge on any atom is 0.177 e. The van der Waals surface area contributed by atoms with E-state index in [0.717, 1.165) is 17.9 Å². The molecule has 0 saturated heterocycles. The van der Waals surface area contributed by atoms with Gasteiger partial charge in [0.25, 0.3) is 0 Å². The number of benzene rings is 2. The normalized spacial score (nSPS) is 11.2. The Labute approximate surface area is 129 Å². The number of carboxylic acids is 1. The lowest BCUT2D eigenvalue weighted by atomic mass is 10.1. The van der Waals surface area contributed by atoms with E-state index in [4.69, 9.17) is 0 Å². The third kappa shape index (κ3) is 3.65. The zero-order valence-electron chi connectivity index (χ0n) is 12.3. The van der Waals surface area contributed by atoms with Crippen LogP contribution in [0.1, 0.15) is 21.5 Å². The molecule has 0 saturated carbocycles. The summed E-state index contributed by atoms with van der Waals surface area (Å²) in [6, 6.07) is 12.2. The molecule has 0 radical (unpaired) electrons. The van der Waals surface area contributed by atoms with Gasteiger partial charge in [-0.05, 0) is 30.2 Å². The highest BCUT2D eigenvalue weighted by molar-refractivity contribution is 7.90. The second-order valence-corrected chi connectivity index (χ2v) is 7.05. The van der Waals surface area contributed by atoms with Crippen LogP contribution >= 0.6 is 0 Å². The Morgan fingerprint density at radius 1 is 1.18 bits per heavy atom. The van der Waals surface area contributed by atoms with Crippen molar-refractivity contribution in [2.45, 2.75) is 18.4 Å². The highest BCUT2D eigenvalue weighted by atomic mass is 32.2. The molecule has 2 rings (SSSR count). The zero-order valence-corrected chi connectivity index (χ0v) is 13.1. The molecule has 22 heavy (non-hydrogen) atoms. The Hall–Kier alpha value is -2.34. The molecule has 0 aliphatic heterocycles. The van der Waals surface area contributed by atoms with Gasteiger partial charge in [0.15, 0.2) is 9.84 Å². The quantitative estimate of drug-likeness (QED) is 0.900. The van der Waals surface area contributed by atoms with E-state index in [1.54, 1.807) is 6.92 Å². The molecule has 0 aliphatic rings. The fourth-order valence-corrected chi connectivity index (χ4v) is 3.01. The SMILES string of the molecule is Cc1cc(NCc2ccccc2)c(S(C)(=O)=O)cc1C(=O)[O-].